The number of nitrogens with one attached hydrogen (secondary N) is 2. The minimum Gasteiger partial charge on any atom is -0.475 e. The molecular weight excluding hydrogens is 516 g/mol. The average molecular weight is 531 g/mol. The Morgan fingerprint density at radius 1 is 1.09 bits per heavy atom. The molecule has 5 N–H and O–H groups in total. The van der Waals surface area contributed by atoms with E-state index < -0.39 is 28.0 Å². The smallest absolute Gasteiger partial charge is 0.475 e. The second-order valence-electron chi connectivity index (χ2n) is 6.90. The number of halogens is 5. The van der Waals surface area contributed by atoms with E-state index in [1.807, 2.05) is 0 Å². The maximum absolute atomic E-state index is 14.7. The third-order valence-electron chi connectivity index (χ3n) is 4.50. The van der Waals surface area contributed by atoms with Crippen LogP contribution < -0.4 is 10.5 Å². The largest absolute Gasteiger partial charge is 0.490 e. The van der Waals surface area contributed by atoms with Crippen LogP contribution in [0, 0.1) is 5.82 Å². The first-order chi connectivity index (χ1) is 16.3. The molecule has 0 aliphatic carbocycles. The third kappa shape index (κ3) is 6.00. The minimum atomic E-state index is -5.08. The Labute approximate surface area is 200 Å². The van der Waals surface area contributed by atoms with Crippen LogP contribution in [0.1, 0.15) is 0 Å². The molecule has 0 spiro atoms. The van der Waals surface area contributed by atoms with Crippen LogP contribution >= 0.6 is 11.6 Å². The van der Waals surface area contributed by atoms with Crippen LogP contribution in [-0.4, -0.2) is 35.9 Å². The highest BCUT2D eigenvalue weighted by atomic mass is 35.5. The van der Waals surface area contributed by atoms with Gasteiger partial charge in [0.05, 0.1) is 4.90 Å². The van der Waals surface area contributed by atoms with Crippen LogP contribution in [0.3, 0.4) is 0 Å². The van der Waals surface area contributed by atoms with Crippen LogP contribution in [0.25, 0.3) is 22.0 Å². The van der Waals surface area contributed by atoms with Gasteiger partial charge < -0.3 is 10.8 Å². The zero-order valence-electron chi connectivity index (χ0n) is 17.3. The summed E-state index contributed by atoms with van der Waals surface area (Å²) in [5, 5.41) is 14.3. The molecule has 0 bridgehead atoms. The Morgan fingerprint density at radius 2 is 1.71 bits per heavy atom. The molecule has 0 saturated carbocycles. The van der Waals surface area contributed by atoms with Crippen molar-refractivity contribution < 1.29 is 35.9 Å². The summed E-state index contributed by atoms with van der Waals surface area (Å²) in [5.74, 6) is -3.01. The van der Waals surface area contributed by atoms with E-state index in [1.165, 1.54) is 12.1 Å². The van der Waals surface area contributed by atoms with Crippen LogP contribution in [0.15, 0.2) is 65.6 Å². The number of rotatable bonds is 4. The number of benzene rings is 3. The highest BCUT2D eigenvalue weighted by Gasteiger charge is 2.38. The highest BCUT2D eigenvalue weighted by Crippen LogP contribution is 2.31. The SMILES string of the molecule is Nc1n[nH]c2c(F)c(-c3ccc(NS(=O)(=O)c4cccc(Cl)c4)cc3)ccc12.O=C(O)C(F)(F)F. The van der Waals surface area contributed by atoms with Gasteiger partial charge in [0, 0.05) is 21.7 Å². The fourth-order valence-corrected chi connectivity index (χ4v) is 4.22. The summed E-state index contributed by atoms with van der Waals surface area (Å²) in [6.07, 6.45) is -5.08. The number of H-pyrrole nitrogens is 1. The second-order valence-corrected chi connectivity index (χ2v) is 9.02. The van der Waals surface area contributed by atoms with Crippen LogP contribution in [0.4, 0.5) is 29.1 Å². The van der Waals surface area contributed by atoms with Gasteiger partial charge in [-0.2, -0.15) is 18.3 Å². The Balaban J connectivity index is 0.000000429. The summed E-state index contributed by atoms with van der Waals surface area (Å²) in [6, 6.07) is 15.6. The zero-order chi connectivity index (χ0) is 26.0. The summed E-state index contributed by atoms with van der Waals surface area (Å²) in [5.41, 5.74) is 7.18. The molecule has 0 radical (unpaired) electrons. The van der Waals surface area contributed by atoms with E-state index in [9.17, 15) is 26.0 Å². The summed E-state index contributed by atoms with van der Waals surface area (Å²) in [7, 11) is -3.78. The van der Waals surface area contributed by atoms with E-state index in [2.05, 4.69) is 14.9 Å². The van der Waals surface area contributed by atoms with Crippen molar-refractivity contribution in [3.8, 4) is 11.1 Å². The Hall–Kier alpha value is -3.84. The maximum Gasteiger partial charge on any atom is 0.490 e. The molecule has 3 aromatic carbocycles. The Morgan fingerprint density at radius 3 is 2.29 bits per heavy atom. The summed E-state index contributed by atoms with van der Waals surface area (Å²) < 4.78 is 73.9. The fraction of sp³-hybridized carbons (Fsp3) is 0.0476. The van der Waals surface area contributed by atoms with Gasteiger partial charge in [0.2, 0.25) is 0 Å². The molecule has 0 aliphatic heterocycles. The lowest BCUT2D eigenvalue weighted by Gasteiger charge is -2.10. The fourth-order valence-electron chi connectivity index (χ4n) is 2.86. The van der Waals surface area contributed by atoms with E-state index >= 15 is 0 Å². The highest BCUT2D eigenvalue weighted by molar-refractivity contribution is 7.92. The standard InChI is InChI=1S/C19H14ClFN4O2S.C2HF3O2/c20-12-2-1-3-14(10-12)28(26,27)25-13-6-4-11(5-7-13)15-8-9-16-18(17(15)21)23-24-19(16)22;3-2(4,5)1(6)7/h1-10,25H,(H3,22,23,24);(H,6,7). The van der Waals surface area contributed by atoms with Crippen LogP contribution in [-0.2, 0) is 14.8 Å². The van der Waals surface area contributed by atoms with E-state index in [1.54, 1.807) is 48.5 Å². The predicted molar refractivity (Wildman–Crippen MR) is 122 cm³/mol. The molecule has 14 heteroatoms. The number of carboxylic acids is 1. The first kappa shape index (κ1) is 25.8. The number of aromatic nitrogens is 2. The van der Waals surface area contributed by atoms with Gasteiger partial charge >= 0.3 is 12.1 Å². The number of nitrogens with zero attached hydrogens (tertiary/aromatic N) is 1. The van der Waals surface area contributed by atoms with Crippen molar-refractivity contribution >= 4 is 50.0 Å². The van der Waals surface area contributed by atoms with Gasteiger partial charge in [-0.25, -0.2) is 17.6 Å². The molecule has 35 heavy (non-hydrogen) atoms. The number of anilines is 2. The van der Waals surface area contributed by atoms with E-state index in [0.29, 0.717) is 27.2 Å². The number of hydrogen-bond acceptors (Lipinski definition) is 5. The number of fused-ring (bicyclic) bond motifs is 1. The monoisotopic (exact) mass is 530 g/mol. The number of carbonyl (C=O) groups is 1. The minimum absolute atomic E-state index is 0.0532. The zero-order valence-corrected chi connectivity index (χ0v) is 18.8. The average Bonchev–Trinajstić information content (AvgIpc) is 3.16. The molecule has 4 rings (SSSR count). The second kappa shape index (κ2) is 9.80. The summed E-state index contributed by atoms with van der Waals surface area (Å²) in [4.78, 5) is 8.95. The van der Waals surface area contributed by atoms with Gasteiger partial charge in [0.15, 0.2) is 11.6 Å². The van der Waals surface area contributed by atoms with Crippen LogP contribution in [0.2, 0.25) is 5.02 Å². The number of nitrogens with two attached hydrogens (primary N) is 1. The first-order valence-electron chi connectivity index (χ1n) is 9.40. The van der Waals surface area contributed by atoms with Gasteiger partial charge in [-0.1, -0.05) is 35.9 Å². The topological polar surface area (TPSA) is 138 Å². The number of aliphatic carboxylic acids is 1. The molecule has 184 valence electrons. The molecule has 8 nitrogen and oxygen atoms in total. The van der Waals surface area contributed by atoms with Crippen molar-refractivity contribution in [2.45, 2.75) is 11.1 Å². The quantitative estimate of drug-likeness (QED) is 0.273. The van der Waals surface area contributed by atoms with Crippen molar-refractivity contribution in [2.24, 2.45) is 0 Å². The Kier molecular flexibility index (Phi) is 7.22. The lowest BCUT2D eigenvalue weighted by Crippen LogP contribution is -2.21. The molecule has 4 aromatic rings. The normalized spacial score (nSPS) is 11.6. The Bertz CT molecular complexity index is 1490. The van der Waals surface area contributed by atoms with Gasteiger partial charge in [-0.15, -0.1) is 0 Å². The number of hydrogen-bond donors (Lipinski definition) is 4. The maximum atomic E-state index is 14.7. The molecular formula is C21H15ClF4N4O4S. The van der Waals surface area contributed by atoms with Crippen molar-refractivity contribution in [3.63, 3.8) is 0 Å². The lowest BCUT2D eigenvalue weighted by molar-refractivity contribution is -0.192. The molecule has 1 aromatic heterocycles. The number of alkyl halides is 3. The molecule has 0 saturated heterocycles. The van der Waals surface area contributed by atoms with E-state index in [4.69, 9.17) is 27.2 Å². The molecule has 1 heterocycles. The van der Waals surface area contributed by atoms with Crippen molar-refractivity contribution in [3.05, 3.63) is 71.5 Å². The predicted octanol–water partition coefficient (Wildman–Crippen LogP) is 5.04. The van der Waals surface area contributed by atoms with Gasteiger partial charge in [-0.3, -0.25) is 9.82 Å². The van der Waals surface area contributed by atoms with E-state index in [0.717, 1.165) is 0 Å². The lowest BCUT2D eigenvalue weighted by atomic mass is 10.0. The summed E-state index contributed by atoms with van der Waals surface area (Å²) in [6.45, 7) is 0. The number of sulfonamides is 1. The molecule has 0 aliphatic rings. The molecule has 0 amide bonds. The third-order valence-corrected chi connectivity index (χ3v) is 6.12. The van der Waals surface area contributed by atoms with Gasteiger partial charge in [-0.05, 0) is 42.0 Å². The van der Waals surface area contributed by atoms with Crippen molar-refractivity contribution in [1.82, 2.24) is 10.2 Å². The van der Waals surface area contributed by atoms with Gasteiger partial charge in [0.1, 0.15) is 5.52 Å². The van der Waals surface area contributed by atoms with Crippen molar-refractivity contribution in [2.75, 3.05) is 10.5 Å². The number of nitrogen functional groups attached to an aromatic ring is 1. The van der Waals surface area contributed by atoms with Crippen molar-refractivity contribution in [1.29, 1.82) is 0 Å². The van der Waals surface area contributed by atoms with Gasteiger partial charge in [0.25, 0.3) is 10.0 Å². The van der Waals surface area contributed by atoms with E-state index in [-0.39, 0.29) is 16.2 Å². The molecule has 0 atom stereocenters. The van der Waals surface area contributed by atoms with Crippen LogP contribution in [0.5, 0.6) is 0 Å². The molecule has 0 fully saturated rings. The number of aromatic amines is 1. The number of carboxylic acid groups (broad SMARTS) is 1. The molecule has 0 unspecified atom stereocenters. The first-order valence-corrected chi connectivity index (χ1v) is 11.3. The summed E-state index contributed by atoms with van der Waals surface area (Å²) >= 11 is 5.86.